The number of aromatic nitrogens is 2. The molecular weight excluding hydrogens is 188 g/mol. The van der Waals surface area contributed by atoms with Gasteiger partial charge in [-0.1, -0.05) is 6.07 Å². The van der Waals surface area contributed by atoms with Crippen molar-refractivity contribution in [3.8, 4) is 0 Å². The molecule has 0 aliphatic heterocycles. The highest BCUT2D eigenvalue weighted by Gasteiger charge is 2.11. The summed E-state index contributed by atoms with van der Waals surface area (Å²) in [6.45, 7) is 1.59. The van der Waals surface area contributed by atoms with E-state index in [1.807, 2.05) is 24.4 Å². The van der Waals surface area contributed by atoms with Gasteiger partial charge < -0.3 is 9.97 Å². The Balaban J connectivity index is 2.57. The molecule has 0 fully saturated rings. The number of ketones is 1. The highest BCUT2D eigenvalue weighted by atomic mass is 16.1. The van der Waals surface area contributed by atoms with Crippen molar-refractivity contribution in [3.63, 3.8) is 0 Å². The van der Waals surface area contributed by atoms with Crippen molar-refractivity contribution in [2.45, 2.75) is 6.92 Å². The average Bonchev–Trinajstić information content (AvgIpc) is 2.82. The van der Waals surface area contributed by atoms with Crippen molar-refractivity contribution in [2.24, 2.45) is 0 Å². The van der Waals surface area contributed by atoms with E-state index in [2.05, 4.69) is 9.97 Å². The van der Waals surface area contributed by atoms with Gasteiger partial charge in [-0.3, -0.25) is 4.79 Å². The molecule has 0 saturated carbocycles. The highest BCUT2D eigenvalue weighted by molar-refractivity contribution is 6.16. The number of benzene rings is 1. The van der Waals surface area contributed by atoms with Crippen molar-refractivity contribution in [1.82, 2.24) is 9.97 Å². The predicted octanol–water partition coefficient (Wildman–Crippen LogP) is 2.85. The summed E-state index contributed by atoms with van der Waals surface area (Å²) in [5, 5.41) is 2.12. The number of hydrogen-bond acceptors (Lipinski definition) is 1. The molecule has 3 nitrogen and oxygen atoms in total. The van der Waals surface area contributed by atoms with Gasteiger partial charge in [-0.2, -0.15) is 0 Å². The van der Waals surface area contributed by atoms with E-state index in [4.69, 9.17) is 0 Å². The number of H-pyrrole nitrogens is 2. The molecule has 15 heavy (non-hydrogen) atoms. The molecule has 0 aliphatic carbocycles. The zero-order chi connectivity index (χ0) is 10.4. The minimum Gasteiger partial charge on any atom is -0.361 e. The third-order valence-corrected chi connectivity index (χ3v) is 2.75. The zero-order valence-corrected chi connectivity index (χ0v) is 8.29. The van der Waals surface area contributed by atoms with E-state index < -0.39 is 0 Å². The standard InChI is InChI=1S/C12H10N2O/c1-7(15)9-6-14-10-3-2-8-4-5-13-12(8)11(9)10/h2-6,13-14H,1H3. The summed E-state index contributed by atoms with van der Waals surface area (Å²) < 4.78 is 0. The lowest BCUT2D eigenvalue weighted by Crippen LogP contribution is -1.89. The van der Waals surface area contributed by atoms with Gasteiger partial charge in [-0.25, -0.2) is 0 Å². The van der Waals surface area contributed by atoms with Crippen LogP contribution in [-0.4, -0.2) is 15.8 Å². The normalized spacial score (nSPS) is 11.3. The minimum atomic E-state index is 0.0864. The summed E-state index contributed by atoms with van der Waals surface area (Å²) in [7, 11) is 0. The Hall–Kier alpha value is -2.03. The van der Waals surface area contributed by atoms with Crippen LogP contribution >= 0.6 is 0 Å². The second kappa shape index (κ2) is 2.73. The van der Waals surface area contributed by atoms with Crippen LogP contribution in [0.2, 0.25) is 0 Å². The van der Waals surface area contributed by atoms with E-state index in [0.29, 0.717) is 0 Å². The number of carbonyl (C=O) groups is 1. The summed E-state index contributed by atoms with van der Waals surface area (Å²) in [5.41, 5.74) is 2.77. The van der Waals surface area contributed by atoms with Gasteiger partial charge in [0.1, 0.15) is 0 Å². The van der Waals surface area contributed by atoms with Crippen molar-refractivity contribution in [3.05, 3.63) is 36.2 Å². The van der Waals surface area contributed by atoms with Gasteiger partial charge in [-0.05, 0) is 19.1 Å². The fraction of sp³-hybridized carbons (Fsp3) is 0.0833. The topological polar surface area (TPSA) is 48.6 Å². The Morgan fingerprint density at radius 3 is 2.87 bits per heavy atom. The Morgan fingerprint density at radius 1 is 1.20 bits per heavy atom. The van der Waals surface area contributed by atoms with Gasteiger partial charge in [-0.15, -0.1) is 0 Å². The van der Waals surface area contributed by atoms with Crippen molar-refractivity contribution in [1.29, 1.82) is 0 Å². The van der Waals surface area contributed by atoms with E-state index in [1.54, 1.807) is 13.1 Å². The van der Waals surface area contributed by atoms with Gasteiger partial charge in [0, 0.05) is 34.2 Å². The fourth-order valence-electron chi connectivity index (χ4n) is 2.03. The number of hydrogen-bond donors (Lipinski definition) is 2. The summed E-state index contributed by atoms with van der Waals surface area (Å²) in [6, 6.07) is 6.04. The second-order valence-corrected chi connectivity index (χ2v) is 3.69. The lowest BCUT2D eigenvalue weighted by atomic mass is 10.1. The number of rotatable bonds is 1. The molecule has 74 valence electrons. The van der Waals surface area contributed by atoms with Crippen molar-refractivity contribution in [2.75, 3.05) is 0 Å². The summed E-state index contributed by atoms with van der Waals surface area (Å²) in [6.07, 6.45) is 3.66. The third-order valence-electron chi connectivity index (χ3n) is 2.75. The van der Waals surface area contributed by atoms with Crippen molar-refractivity contribution >= 4 is 27.6 Å². The largest absolute Gasteiger partial charge is 0.361 e. The average molecular weight is 198 g/mol. The Morgan fingerprint density at radius 2 is 2.07 bits per heavy atom. The number of nitrogens with one attached hydrogen (secondary N) is 2. The van der Waals surface area contributed by atoms with Crippen LogP contribution in [0.4, 0.5) is 0 Å². The Labute approximate surface area is 86.1 Å². The van der Waals surface area contributed by atoms with Crippen LogP contribution in [0, 0.1) is 0 Å². The van der Waals surface area contributed by atoms with Crippen LogP contribution in [0.25, 0.3) is 21.8 Å². The molecule has 0 amide bonds. The van der Waals surface area contributed by atoms with Crippen LogP contribution in [-0.2, 0) is 0 Å². The zero-order valence-electron chi connectivity index (χ0n) is 8.29. The molecule has 2 aromatic heterocycles. The summed E-state index contributed by atoms with van der Waals surface area (Å²) >= 11 is 0. The maximum atomic E-state index is 11.5. The fourth-order valence-corrected chi connectivity index (χ4v) is 2.03. The summed E-state index contributed by atoms with van der Waals surface area (Å²) in [5.74, 6) is 0.0864. The Bertz CT molecular complexity index is 660. The smallest absolute Gasteiger partial charge is 0.162 e. The molecule has 3 aromatic rings. The maximum Gasteiger partial charge on any atom is 0.162 e. The van der Waals surface area contributed by atoms with Crippen LogP contribution in [0.1, 0.15) is 17.3 Å². The predicted molar refractivity (Wildman–Crippen MR) is 60.2 cm³/mol. The first-order valence-electron chi connectivity index (χ1n) is 4.85. The SMILES string of the molecule is CC(=O)c1c[nH]c2ccc3cc[nH]c3c12. The molecule has 0 bridgehead atoms. The molecule has 0 radical (unpaired) electrons. The molecule has 2 N–H and O–H groups in total. The van der Waals surface area contributed by atoms with Gasteiger partial charge in [0.05, 0.1) is 5.52 Å². The molecule has 1 aromatic carbocycles. The quantitative estimate of drug-likeness (QED) is 0.580. The first-order chi connectivity index (χ1) is 7.27. The van der Waals surface area contributed by atoms with Crippen molar-refractivity contribution < 1.29 is 4.79 Å². The first kappa shape index (κ1) is 8.29. The van der Waals surface area contributed by atoms with Crippen LogP contribution in [0.3, 0.4) is 0 Å². The van der Waals surface area contributed by atoms with Gasteiger partial charge in [0.25, 0.3) is 0 Å². The number of Topliss-reactive ketones (excluding diaryl/α,β-unsaturated/α-hetero) is 1. The molecule has 0 spiro atoms. The molecular formula is C12H10N2O. The molecule has 0 aliphatic rings. The van der Waals surface area contributed by atoms with E-state index in [9.17, 15) is 4.79 Å². The van der Waals surface area contributed by atoms with E-state index in [1.165, 1.54) is 0 Å². The maximum absolute atomic E-state index is 11.5. The first-order valence-corrected chi connectivity index (χ1v) is 4.85. The summed E-state index contributed by atoms with van der Waals surface area (Å²) in [4.78, 5) is 17.7. The molecule has 3 rings (SSSR count). The minimum absolute atomic E-state index is 0.0864. The van der Waals surface area contributed by atoms with E-state index in [0.717, 1.165) is 27.4 Å². The third kappa shape index (κ3) is 1.03. The lowest BCUT2D eigenvalue weighted by molar-refractivity contribution is 0.101. The van der Waals surface area contributed by atoms with Gasteiger partial charge in [0.15, 0.2) is 5.78 Å². The lowest BCUT2D eigenvalue weighted by Gasteiger charge is -1.96. The number of aromatic amines is 2. The number of carbonyl (C=O) groups excluding carboxylic acids is 1. The second-order valence-electron chi connectivity index (χ2n) is 3.69. The monoisotopic (exact) mass is 198 g/mol. The Kier molecular flexibility index (Phi) is 1.51. The van der Waals surface area contributed by atoms with E-state index >= 15 is 0 Å². The molecule has 0 saturated heterocycles. The molecule has 2 heterocycles. The van der Waals surface area contributed by atoms with E-state index in [-0.39, 0.29) is 5.78 Å². The van der Waals surface area contributed by atoms with Gasteiger partial charge >= 0.3 is 0 Å². The molecule has 0 unspecified atom stereocenters. The van der Waals surface area contributed by atoms with Crippen LogP contribution in [0.5, 0.6) is 0 Å². The highest BCUT2D eigenvalue weighted by Crippen LogP contribution is 2.27. The van der Waals surface area contributed by atoms with Gasteiger partial charge in [0.2, 0.25) is 0 Å². The molecule has 0 atom stereocenters. The van der Waals surface area contributed by atoms with Crippen LogP contribution in [0.15, 0.2) is 30.6 Å². The molecule has 3 heteroatoms. The number of fused-ring (bicyclic) bond motifs is 3. The van der Waals surface area contributed by atoms with Crippen LogP contribution < -0.4 is 0 Å².